The first-order valence-corrected chi connectivity index (χ1v) is 4.89. The van der Waals surface area contributed by atoms with Gasteiger partial charge in [0.15, 0.2) is 0 Å². The Hall–Kier alpha value is -1.72. The Bertz CT molecular complexity index is 441. The minimum Gasteiger partial charge on any atom is -0.465 e. The molecule has 0 aliphatic carbocycles. The van der Waals surface area contributed by atoms with Crippen molar-refractivity contribution in [2.45, 2.75) is 19.5 Å². The van der Waals surface area contributed by atoms with Gasteiger partial charge in [-0.15, -0.1) is 0 Å². The van der Waals surface area contributed by atoms with E-state index in [1.54, 1.807) is 6.92 Å². The maximum atomic E-state index is 12.5. The zero-order valence-corrected chi connectivity index (χ0v) is 9.39. The molecule has 3 nitrogen and oxygen atoms in total. The summed E-state index contributed by atoms with van der Waals surface area (Å²) >= 11 is 0. The van der Waals surface area contributed by atoms with Gasteiger partial charge in [-0.2, -0.15) is 13.2 Å². The summed E-state index contributed by atoms with van der Waals surface area (Å²) in [6.07, 6.45) is -4.18. The number of ether oxygens (including phenoxy) is 1. The molecule has 1 aromatic rings. The van der Waals surface area contributed by atoms with Gasteiger partial charge >= 0.3 is 12.1 Å². The van der Waals surface area contributed by atoms with Gasteiger partial charge in [-0.1, -0.05) is 6.92 Å². The van der Waals surface area contributed by atoms with E-state index in [-0.39, 0.29) is 11.3 Å². The molecular formula is C11H12F3NO2. The standard InChI is InChI=1S/C11H12F3NO2/c1-3-7-8(10(16)17-2)4-6(5-9(7)15)11(12,13)14/h4-5H,3,15H2,1-2H3. The number of esters is 1. The molecular weight excluding hydrogens is 235 g/mol. The van der Waals surface area contributed by atoms with Gasteiger partial charge < -0.3 is 10.5 Å². The Kier molecular flexibility index (Phi) is 3.65. The maximum Gasteiger partial charge on any atom is 0.416 e. The molecule has 0 saturated heterocycles. The van der Waals surface area contributed by atoms with E-state index >= 15 is 0 Å². The van der Waals surface area contributed by atoms with E-state index in [0.717, 1.165) is 19.2 Å². The minimum atomic E-state index is -4.54. The lowest BCUT2D eigenvalue weighted by Gasteiger charge is -2.14. The van der Waals surface area contributed by atoms with Crippen molar-refractivity contribution in [1.82, 2.24) is 0 Å². The highest BCUT2D eigenvalue weighted by Crippen LogP contribution is 2.33. The second-order valence-electron chi connectivity index (χ2n) is 3.43. The number of alkyl halides is 3. The van der Waals surface area contributed by atoms with E-state index in [2.05, 4.69) is 4.74 Å². The van der Waals surface area contributed by atoms with E-state index in [0.29, 0.717) is 12.0 Å². The predicted molar refractivity (Wildman–Crippen MR) is 56.6 cm³/mol. The molecule has 0 aliphatic heterocycles. The molecule has 0 aliphatic rings. The van der Waals surface area contributed by atoms with E-state index in [4.69, 9.17) is 5.73 Å². The SMILES string of the molecule is CCc1c(N)cc(C(F)(F)F)cc1C(=O)OC. The van der Waals surface area contributed by atoms with Gasteiger partial charge in [-0.3, -0.25) is 0 Å². The van der Waals surface area contributed by atoms with Crippen LogP contribution in [0.4, 0.5) is 18.9 Å². The number of anilines is 1. The molecule has 0 heterocycles. The molecule has 1 rings (SSSR count). The zero-order chi connectivity index (χ0) is 13.2. The highest BCUT2D eigenvalue weighted by Gasteiger charge is 2.32. The van der Waals surface area contributed by atoms with E-state index < -0.39 is 17.7 Å². The molecule has 6 heteroatoms. The van der Waals surface area contributed by atoms with Crippen molar-refractivity contribution in [3.8, 4) is 0 Å². The fourth-order valence-electron chi connectivity index (χ4n) is 1.54. The van der Waals surface area contributed by atoms with Gasteiger partial charge in [0.1, 0.15) is 0 Å². The van der Waals surface area contributed by atoms with Gasteiger partial charge in [-0.05, 0) is 24.1 Å². The number of rotatable bonds is 2. The molecule has 0 aromatic heterocycles. The van der Waals surface area contributed by atoms with Crippen LogP contribution >= 0.6 is 0 Å². The molecule has 2 N–H and O–H groups in total. The van der Waals surface area contributed by atoms with Crippen molar-refractivity contribution in [2.24, 2.45) is 0 Å². The van der Waals surface area contributed by atoms with Crippen LogP contribution in [-0.4, -0.2) is 13.1 Å². The lowest BCUT2D eigenvalue weighted by molar-refractivity contribution is -0.137. The van der Waals surface area contributed by atoms with Crippen molar-refractivity contribution in [3.63, 3.8) is 0 Å². The summed E-state index contributed by atoms with van der Waals surface area (Å²) < 4.78 is 42.1. The number of halogens is 3. The van der Waals surface area contributed by atoms with Gasteiger partial charge in [-0.25, -0.2) is 4.79 Å². The molecule has 0 bridgehead atoms. The topological polar surface area (TPSA) is 52.3 Å². The van der Waals surface area contributed by atoms with E-state index in [1.165, 1.54) is 0 Å². The third-order valence-corrected chi connectivity index (χ3v) is 2.37. The third-order valence-electron chi connectivity index (χ3n) is 2.37. The Morgan fingerprint density at radius 3 is 2.41 bits per heavy atom. The van der Waals surface area contributed by atoms with Crippen molar-refractivity contribution in [2.75, 3.05) is 12.8 Å². The van der Waals surface area contributed by atoms with Gasteiger partial charge in [0.2, 0.25) is 0 Å². The Labute approximate surface area is 96.4 Å². The summed E-state index contributed by atoms with van der Waals surface area (Å²) in [5.74, 6) is -0.820. The van der Waals surface area contributed by atoms with Crippen LogP contribution in [0.2, 0.25) is 0 Å². The summed E-state index contributed by atoms with van der Waals surface area (Å²) in [6, 6.07) is 1.59. The maximum absolute atomic E-state index is 12.5. The van der Waals surface area contributed by atoms with Crippen molar-refractivity contribution in [1.29, 1.82) is 0 Å². The number of benzene rings is 1. The predicted octanol–water partition coefficient (Wildman–Crippen LogP) is 2.64. The number of hydrogen-bond acceptors (Lipinski definition) is 3. The number of methoxy groups -OCH3 is 1. The third kappa shape index (κ3) is 2.69. The van der Waals surface area contributed by atoms with Crippen molar-refractivity contribution >= 4 is 11.7 Å². The van der Waals surface area contributed by atoms with Crippen LogP contribution in [0, 0.1) is 0 Å². The van der Waals surface area contributed by atoms with Crippen LogP contribution in [-0.2, 0) is 17.3 Å². The lowest BCUT2D eigenvalue weighted by atomic mass is 9.99. The highest BCUT2D eigenvalue weighted by atomic mass is 19.4. The summed E-state index contributed by atoms with van der Waals surface area (Å²) in [4.78, 5) is 11.4. The molecule has 0 spiro atoms. The van der Waals surface area contributed by atoms with Gasteiger partial charge in [0, 0.05) is 5.69 Å². The lowest BCUT2D eigenvalue weighted by Crippen LogP contribution is -2.13. The molecule has 1 aromatic carbocycles. The molecule has 0 unspecified atom stereocenters. The Morgan fingerprint density at radius 1 is 1.41 bits per heavy atom. The van der Waals surface area contributed by atoms with Crippen LogP contribution in [0.5, 0.6) is 0 Å². The van der Waals surface area contributed by atoms with Crippen LogP contribution in [0.25, 0.3) is 0 Å². The van der Waals surface area contributed by atoms with Gasteiger partial charge in [0.25, 0.3) is 0 Å². The number of nitrogen functional groups attached to an aromatic ring is 1. The monoisotopic (exact) mass is 247 g/mol. The number of hydrogen-bond donors (Lipinski definition) is 1. The fraction of sp³-hybridized carbons (Fsp3) is 0.364. The van der Waals surface area contributed by atoms with E-state index in [1.807, 2.05) is 0 Å². The highest BCUT2D eigenvalue weighted by molar-refractivity contribution is 5.93. The number of carbonyl (C=O) groups is 1. The van der Waals surface area contributed by atoms with Crippen molar-refractivity contribution < 1.29 is 22.7 Å². The molecule has 94 valence electrons. The van der Waals surface area contributed by atoms with Crippen LogP contribution < -0.4 is 5.73 Å². The molecule has 0 radical (unpaired) electrons. The normalized spacial score (nSPS) is 11.4. The average molecular weight is 247 g/mol. The summed E-state index contributed by atoms with van der Waals surface area (Å²) in [5, 5.41) is 0. The Balaban J connectivity index is 3.44. The van der Waals surface area contributed by atoms with Gasteiger partial charge in [0.05, 0.1) is 18.2 Å². The molecule has 0 amide bonds. The summed E-state index contributed by atoms with van der Waals surface area (Å²) in [6.45, 7) is 1.70. The van der Waals surface area contributed by atoms with Crippen LogP contribution in [0.15, 0.2) is 12.1 Å². The summed E-state index contributed by atoms with van der Waals surface area (Å²) in [5.41, 5.74) is 4.74. The van der Waals surface area contributed by atoms with Crippen LogP contribution in [0.1, 0.15) is 28.4 Å². The summed E-state index contributed by atoms with van der Waals surface area (Å²) in [7, 11) is 1.11. The molecule has 0 atom stereocenters. The largest absolute Gasteiger partial charge is 0.465 e. The molecule has 0 saturated carbocycles. The first-order chi connectivity index (χ1) is 7.81. The quantitative estimate of drug-likeness (QED) is 0.645. The smallest absolute Gasteiger partial charge is 0.416 e. The number of carbonyl (C=O) groups excluding carboxylic acids is 1. The Morgan fingerprint density at radius 2 is 2.00 bits per heavy atom. The van der Waals surface area contributed by atoms with Crippen molar-refractivity contribution in [3.05, 3.63) is 28.8 Å². The van der Waals surface area contributed by atoms with Crippen LogP contribution in [0.3, 0.4) is 0 Å². The molecule has 17 heavy (non-hydrogen) atoms. The average Bonchev–Trinajstić information content (AvgIpc) is 2.25. The van der Waals surface area contributed by atoms with E-state index in [9.17, 15) is 18.0 Å². The second-order valence-corrected chi connectivity index (χ2v) is 3.43. The first kappa shape index (κ1) is 13.3. The number of nitrogens with two attached hydrogens (primary N) is 1. The minimum absolute atomic E-state index is 0.0530. The molecule has 0 fully saturated rings. The first-order valence-electron chi connectivity index (χ1n) is 4.89. The fourth-order valence-corrected chi connectivity index (χ4v) is 1.54. The second kappa shape index (κ2) is 4.65. The zero-order valence-electron chi connectivity index (χ0n) is 9.39.